The summed E-state index contributed by atoms with van der Waals surface area (Å²) in [5, 5.41) is 14.0. The fourth-order valence-corrected chi connectivity index (χ4v) is 3.60. The molecule has 0 bridgehead atoms. The standard InChI is InChI=1S/C20H23N5O/c1-2-15-7-8-16-5-3-4-6-18(16)19(15)13-25-12-17(22-23-25)11-24-10-9-21-20(26)14-24/h3-8,12H,2,9-11,13-14H2,1H3,(H,21,26). The van der Waals surface area contributed by atoms with E-state index in [1.165, 1.54) is 21.9 Å². The third-order valence-electron chi connectivity index (χ3n) is 4.93. The van der Waals surface area contributed by atoms with Crippen molar-refractivity contribution >= 4 is 16.7 Å². The van der Waals surface area contributed by atoms with Gasteiger partial charge in [-0.3, -0.25) is 9.69 Å². The maximum Gasteiger partial charge on any atom is 0.234 e. The number of nitrogens with one attached hydrogen (secondary N) is 1. The molecule has 134 valence electrons. The number of hydrogen-bond acceptors (Lipinski definition) is 4. The number of aromatic nitrogens is 3. The number of amides is 1. The third kappa shape index (κ3) is 3.46. The van der Waals surface area contributed by atoms with Gasteiger partial charge in [-0.1, -0.05) is 48.5 Å². The number of aryl methyl sites for hydroxylation is 1. The molecular formula is C20H23N5O. The molecule has 0 unspecified atom stereocenters. The molecule has 6 heteroatoms. The van der Waals surface area contributed by atoms with Gasteiger partial charge in [-0.2, -0.15) is 0 Å². The molecule has 0 atom stereocenters. The second-order valence-corrected chi connectivity index (χ2v) is 6.75. The molecule has 3 aromatic rings. The van der Waals surface area contributed by atoms with E-state index in [4.69, 9.17) is 0 Å². The highest BCUT2D eigenvalue weighted by Crippen LogP contribution is 2.24. The van der Waals surface area contributed by atoms with Gasteiger partial charge >= 0.3 is 0 Å². The molecule has 2 heterocycles. The lowest BCUT2D eigenvalue weighted by molar-refractivity contribution is -0.124. The van der Waals surface area contributed by atoms with Crippen LogP contribution in [0.4, 0.5) is 0 Å². The molecule has 0 spiro atoms. The summed E-state index contributed by atoms with van der Waals surface area (Å²) in [5.41, 5.74) is 3.55. The average molecular weight is 349 g/mol. The maximum atomic E-state index is 11.5. The van der Waals surface area contributed by atoms with Crippen molar-refractivity contribution in [3.8, 4) is 0 Å². The molecule has 1 fully saturated rings. The summed E-state index contributed by atoms with van der Waals surface area (Å²) in [7, 11) is 0. The van der Waals surface area contributed by atoms with Gasteiger partial charge in [-0.05, 0) is 28.3 Å². The second kappa shape index (κ2) is 7.25. The predicted molar refractivity (Wildman–Crippen MR) is 101 cm³/mol. The fourth-order valence-electron chi connectivity index (χ4n) is 3.60. The van der Waals surface area contributed by atoms with Crippen LogP contribution < -0.4 is 5.32 Å². The summed E-state index contributed by atoms with van der Waals surface area (Å²) in [6, 6.07) is 12.9. The Morgan fingerprint density at radius 2 is 2.04 bits per heavy atom. The Labute approximate surface area is 152 Å². The highest BCUT2D eigenvalue weighted by atomic mass is 16.2. The van der Waals surface area contributed by atoms with E-state index in [0.717, 1.165) is 18.7 Å². The number of hydrogen-bond donors (Lipinski definition) is 1. The van der Waals surface area contributed by atoms with Gasteiger partial charge < -0.3 is 5.32 Å². The Kier molecular flexibility index (Phi) is 4.67. The van der Waals surface area contributed by atoms with Gasteiger partial charge in [0.1, 0.15) is 0 Å². The molecule has 1 aliphatic heterocycles. The van der Waals surface area contributed by atoms with Crippen LogP contribution in [-0.4, -0.2) is 45.4 Å². The van der Waals surface area contributed by atoms with Gasteiger partial charge in [0.2, 0.25) is 5.91 Å². The summed E-state index contributed by atoms with van der Waals surface area (Å²) < 4.78 is 1.90. The molecule has 4 rings (SSSR count). The molecule has 2 aromatic carbocycles. The number of benzene rings is 2. The van der Waals surface area contributed by atoms with E-state index in [0.29, 0.717) is 26.2 Å². The van der Waals surface area contributed by atoms with E-state index >= 15 is 0 Å². The van der Waals surface area contributed by atoms with E-state index in [9.17, 15) is 4.79 Å². The van der Waals surface area contributed by atoms with Crippen molar-refractivity contribution in [3.05, 3.63) is 59.4 Å². The van der Waals surface area contributed by atoms with Crippen molar-refractivity contribution < 1.29 is 4.79 Å². The lowest BCUT2D eigenvalue weighted by Crippen LogP contribution is -2.47. The van der Waals surface area contributed by atoms with Crippen LogP contribution in [0.1, 0.15) is 23.7 Å². The Morgan fingerprint density at radius 3 is 2.88 bits per heavy atom. The zero-order chi connectivity index (χ0) is 17.9. The first-order valence-corrected chi connectivity index (χ1v) is 9.10. The highest BCUT2D eigenvalue weighted by molar-refractivity contribution is 5.86. The third-order valence-corrected chi connectivity index (χ3v) is 4.93. The summed E-state index contributed by atoms with van der Waals surface area (Å²) in [6.45, 7) is 5.52. The largest absolute Gasteiger partial charge is 0.354 e. The lowest BCUT2D eigenvalue weighted by Gasteiger charge is -2.25. The average Bonchev–Trinajstić information content (AvgIpc) is 3.09. The SMILES string of the molecule is CCc1ccc2ccccc2c1Cn1cc(CN2CCNC(=O)C2)nn1. The normalized spacial score (nSPS) is 15.3. The van der Waals surface area contributed by atoms with Gasteiger partial charge in [0, 0.05) is 19.6 Å². The Morgan fingerprint density at radius 1 is 1.15 bits per heavy atom. The number of carbonyl (C=O) groups is 1. The lowest BCUT2D eigenvalue weighted by atomic mass is 9.97. The first-order chi connectivity index (χ1) is 12.7. The highest BCUT2D eigenvalue weighted by Gasteiger charge is 2.17. The van der Waals surface area contributed by atoms with E-state index in [-0.39, 0.29) is 5.91 Å². The van der Waals surface area contributed by atoms with Crippen molar-refractivity contribution in [1.29, 1.82) is 0 Å². The number of carbonyl (C=O) groups excluding carboxylic acids is 1. The molecule has 6 nitrogen and oxygen atoms in total. The Balaban J connectivity index is 1.56. The Bertz CT molecular complexity index is 933. The van der Waals surface area contributed by atoms with Gasteiger partial charge in [-0.15, -0.1) is 5.10 Å². The van der Waals surface area contributed by atoms with Crippen LogP contribution in [-0.2, 0) is 24.3 Å². The molecule has 26 heavy (non-hydrogen) atoms. The van der Waals surface area contributed by atoms with Crippen molar-refractivity contribution in [1.82, 2.24) is 25.2 Å². The van der Waals surface area contributed by atoms with Crippen LogP contribution in [0, 0.1) is 0 Å². The first-order valence-electron chi connectivity index (χ1n) is 9.10. The summed E-state index contributed by atoms with van der Waals surface area (Å²) in [6.07, 6.45) is 2.98. The molecular weight excluding hydrogens is 326 g/mol. The van der Waals surface area contributed by atoms with Crippen molar-refractivity contribution in [2.24, 2.45) is 0 Å². The maximum absolute atomic E-state index is 11.5. The molecule has 1 N–H and O–H groups in total. The van der Waals surface area contributed by atoms with Crippen LogP contribution in [0.3, 0.4) is 0 Å². The van der Waals surface area contributed by atoms with Crippen molar-refractivity contribution in [3.63, 3.8) is 0 Å². The van der Waals surface area contributed by atoms with E-state index in [1.54, 1.807) is 0 Å². The molecule has 1 saturated heterocycles. The smallest absolute Gasteiger partial charge is 0.234 e. The van der Waals surface area contributed by atoms with E-state index < -0.39 is 0 Å². The summed E-state index contributed by atoms with van der Waals surface area (Å²) in [4.78, 5) is 13.6. The number of piperazine rings is 1. The topological polar surface area (TPSA) is 63.0 Å². The van der Waals surface area contributed by atoms with Crippen LogP contribution in [0.2, 0.25) is 0 Å². The van der Waals surface area contributed by atoms with Gasteiger partial charge in [0.25, 0.3) is 0 Å². The minimum Gasteiger partial charge on any atom is -0.354 e. The molecule has 0 aliphatic carbocycles. The Hall–Kier alpha value is -2.73. The molecule has 1 aliphatic rings. The van der Waals surface area contributed by atoms with E-state index in [2.05, 4.69) is 63.9 Å². The zero-order valence-corrected chi connectivity index (χ0v) is 15.0. The minimum atomic E-state index is 0.0759. The minimum absolute atomic E-state index is 0.0759. The molecule has 0 saturated carbocycles. The predicted octanol–water partition coefficient (Wildman–Crippen LogP) is 1.97. The molecule has 0 radical (unpaired) electrons. The molecule has 1 aromatic heterocycles. The van der Waals surface area contributed by atoms with Crippen LogP contribution >= 0.6 is 0 Å². The zero-order valence-electron chi connectivity index (χ0n) is 15.0. The molecule has 1 amide bonds. The van der Waals surface area contributed by atoms with Crippen LogP contribution in [0.25, 0.3) is 10.8 Å². The summed E-state index contributed by atoms with van der Waals surface area (Å²) >= 11 is 0. The number of fused-ring (bicyclic) bond motifs is 1. The quantitative estimate of drug-likeness (QED) is 0.765. The number of nitrogens with zero attached hydrogens (tertiary/aromatic N) is 4. The number of rotatable bonds is 5. The van der Waals surface area contributed by atoms with Gasteiger partial charge in [-0.25, -0.2) is 4.68 Å². The van der Waals surface area contributed by atoms with Crippen LogP contribution in [0.5, 0.6) is 0 Å². The summed E-state index contributed by atoms with van der Waals surface area (Å²) in [5.74, 6) is 0.0759. The van der Waals surface area contributed by atoms with Crippen LogP contribution in [0.15, 0.2) is 42.6 Å². The fraction of sp³-hybridized carbons (Fsp3) is 0.350. The van der Waals surface area contributed by atoms with Crippen molar-refractivity contribution in [2.45, 2.75) is 26.4 Å². The van der Waals surface area contributed by atoms with Crippen molar-refractivity contribution in [2.75, 3.05) is 19.6 Å². The first kappa shape index (κ1) is 16.7. The second-order valence-electron chi connectivity index (χ2n) is 6.75. The van der Waals surface area contributed by atoms with Gasteiger partial charge in [0.05, 0.1) is 25.0 Å². The van der Waals surface area contributed by atoms with E-state index in [1.807, 2.05) is 10.9 Å². The monoisotopic (exact) mass is 349 g/mol. The van der Waals surface area contributed by atoms with Gasteiger partial charge in [0.15, 0.2) is 0 Å².